The van der Waals surface area contributed by atoms with Crippen LogP contribution in [0.4, 0.5) is 5.69 Å². The van der Waals surface area contributed by atoms with E-state index in [9.17, 15) is 8.42 Å². The third-order valence-electron chi connectivity index (χ3n) is 2.69. The molecule has 2 rings (SSSR count). The van der Waals surface area contributed by atoms with Crippen molar-refractivity contribution in [2.45, 2.75) is 10.1 Å². The summed E-state index contributed by atoms with van der Waals surface area (Å²) < 4.78 is 23.3. The van der Waals surface area contributed by atoms with E-state index in [1.54, 1.807) is 12.1 Å². The normalized spacial score (nSPS) is 20.6. The van der Waals surface area contributed by atoms with Crippen LogP contribution >= 0.6 is 23.5 Å². The van der Waals surface area contributed by atoms with Gasteiger partial charge in [-0.15, -0.1) is 0 Å². The first-order valence-corrected chi connectivity index (χ1v) is 9.89. The molecule has 3 nitrogen and oxygen atoms in total. The van der Waals surface area contributed by atoms with Crippen LogP contribution in [0.2, 0.25) is 0 Å². The summed E-state index contributed by atoms with van der Waals surface area (Å²) in [5.74, 6) is 3.55. The van der Waals surface area contributed by atoms with E-state index in [4.69, 9.17) is 0 Å². The highest BCUT2D eigenvalue weighted by Gasteiger charge is 2.16. The Bertz CT molecular complexity index is 496. The molecule has 0 amide bonds. The molecule has 1 aromatic carbocycles. The minimum absolute atomic E-state index is 0.387. The summed E-state index contributed by atoms with van der Waals surface area (Å²) in [6.07, 6.45) is 1.25. The first kappa shape index (κ1) is 14.1. The number of sulfone groups is 1. The fraction of sp³-hybridized carbons (Fsp3) is 0.500. The van der Waals surface area contributed by atoms with Gasteiger partial charge in [0, 0.05) is 35.3 Å². The molecule has 1 saturated heterocycles. The van der Waals surface area contributed by atoms with Gasteiger partial charge < -0.3 is 5.32 Å². The summed E-state index contributed by atoms with van der Waals surface area (Å²) in [5.41, 5.74) is 0.719. The van der Waals surface area contributed by atoms with Gasteiger partial charge in [-0.05, 0) is 12.1 Å². The van der Waals surface area contributed by atoms with E-state index in [-0.39, 0.29) is 0 Å². The number of hydrogen-bond acceptors (Lipinski definition) is 5. The largest absolute Gasteiger partial charge is 0.383 e. The molecule has 0 spiro atoms. The first-order valence-electron chi connectivity index (χ1n) is 5.79. The Morgan fingerprint density at radius 3 is 2.78 bits per heavy atom. The fourth-order valence-corrected chi connectivity index (χ4v) is 5.29. The maximum Gasteiger partial charge on any atom is 0.177 e. The van der Waals surface area contributed by atoms with Gasteiger partial charge >= 0.3 is 0 Å². The lowest BCUT2D eigenvalue weighted by atomic mass is 10.3. The monoisotopic (exact) mass is 303 g/mol. The van der Waals surface area contributed by atoms with Crippen LogP contribution in [0.3, 0.4) is 0 Å². The van der Waals surface area contributed by atoms with Crippen LogP contribution in [0, 0.1) is 0 Å². The zero-order valence-corrected chi connectivity index (χ0v) is 12.7. The third-order valence-corrected chi connectivity index (χ3v) is 6.69. The van der Waals surface area contributed by atoms with Crippen molar-refractivity contribution in [3.63, 3.8) is 0 Å². The van der Waals surface area contributed by atoms with Gasteiger partial charge in [-0.2, -0.15) is 23.5 Å². The Morgan fingerprint density at radius 1 is 1.33 bits per heavy atom. The average Bonchev–Trinajstić information content (AvgIpc) is 2.37. The summed E-state index contributed by atoms with van der Waals surface area (Å²) >= 11 is 3.93. The van der Waals surface area contributed by atoms with Crippen LogP contribution in [0.25, 0.3) is 0 Å². The van der Waals surface area contributed by atoms with Crippen LogP contribution in [0.1, 0.15) is 0 Å². The molecule has 1 aliphatic heterocycles. The molecule has 100 valence electrons. The summed E-state index contributed by atoms with van der Waals surface area (Å²) in [6, 6.07) is 7.10. The Balaban J connectivity index is 2.05. The number of hydrogen-bond donors (Lipinski definition) is 1. The molecule has 1 aliphatic rings. The second-order valence-electron chi connectivity index (χ2n) is 4.22. The van der Waals surface area contributed by atoms with E-state index < -0.39 is 9.84 Å². The molecule has 6 heteroatoms. The molecular weight excluding hydrogens is 286 g/mol. The van der Waals surface area contributed by atoms with Gasteiger partial charge in [0.15, 0.2) is 9.84 Å². The molecule has 1 N–H and O–H groups in total. The van der Waals surface area contributed by atoms with Crippen LogP contribution in [0.5, 0.6) is 0 Å². The number of nitrogens with one attached hydrogen (secondary N) is 1. The van der Waals surface area contributed by atoms with E-state index in [1.807, 2.05) is 35.7 Å². The molecule has 1 unspecified atom stereocenters. The summed E-state index contributed by atoms with van der Waals surface area (Å²) in [5, 5.41) is 3.84. The van der Waals surface area contributed by atoms with Crippen molar-refractivity contribution in [1.82, 2.24) is 0 Å². The van der Waals surface area contributed by atoms with E-state index in [0.29, 0.717) is 10.1 Å². The van der Waals surface area contributed by atoms with Crippen molar-refractivity contribution >= 4 is 39.0 Å². The highest BCUT2D eigenvalue weighted by molar-refractivity contribution is 8.06. The Labute approximate surface area is 117 Å². The molecular formula is C12H17NO2S3. The lowest BCUT2D eigenvalue weighted by molar-refractivity contribution is 0.602. The van der Waals surface area contributed by atoms with Crippen molar-refractivity contribution in [2.24, 2.45) is 0 Å². The molecule has 0 aliphatic carbocycles. The lowest BCUT2D eigenvalue weighted by Crippen LogP contribution is -2.23. The van der Waals surface area contributed by atoms with Crippen LogP contribution < -0.4 is 5.32 Å². The molecule has 1 heterocycles. The number of thioether (sulfide) groups is 2. The van der Waals surface area contributed by atoms with Crippen LogP contribution in [-0.4, -0.2) is 43.7 Å². The van der Waals surface area contributed by atoms with Crippen molar-refractivity contribution in [3.8, 4) is 0 Å². The number of anilines is 1. The minimum Gasteiger partial charge on any atom is -0.383 e. The molecule has 18 heavy (non-hydrogen) atoms. The quantitative estimate of drug-likeness (QED) is 0.925. The first-order chi connectivity index (χ1) is 8.57. The van der Waals surface area contributed by atoms with Crippen molar-refractivity contribution in [2.75, 3.05) is 35.4 Å². The van der Waals surface area contributed by atoms with Crippen LogP contribution in [0.15, 0.2) is 29.2 Å². The summed E-state index contributed by atoms with van der Waals surface area (Å²) in [6.45, 7) is 0.824. The van der Waals surface area contributed by atoms with Gasteiger partial charge in [0.1, 0.15) is 0 Å². The molecule has 0 radical (unpaired) electrons. The summed E-state index contributed by atoms with van der Waals surface area (Å²) in [4.78, 5) is 0.387. The zero-order chi connectivity index (χ0) is 13.0. The summed E-state index contributed by atoms with van der Waals surface area (Å²) in [7, 11) is -3.16. The lowest BCUT2D eigenvalue weighted by Gasteiger charge is -2.22. The zero-order valence-electron chi connectivity index (χ0n) is 10.3. The van der Waals surface area contributed by atoms with Crippen LogP contribution in [-0.2, 0) is 9.84 Å². The smallest absolute Gasteiger partial charge is 0.177 e. The minimum atomic E-state index is -3.16. The van der Waals surface area contributed by atoms with E-state index in [1.165, 1.54) is 17.8 Å². The fourth-order valence-electron chi connectivity index (χ4n) is 1.81. The third kappa shape index (κ3) is 3.83. The van der Waals surface area contributed by atoms with Gasteiger partial charge in [0.2, 0.25) is 0 Å². The maximum atomic E-state index is 11.7. The Morgan fingerprint density at radius 2 is 2.11 bits per heavy atom. The highest BCUT2D eigenvalue weighted by atomic mass is 32.2. The van der Waals surface area contributed by atoms with Gasteiger partial charge in [0.25, 0.3) is 0 Å². The van der Waals surface area contributed by atoms with Gasteiger partial charge in [-0.25, -0.2) is 8.42 Å². The van der Waals surface area contributed by atoms with Gasteiger partial charge in [-0.1, -0.05) is 12.1 Å². The van der Waals surface area contributed by atoms with Crippen molar-refractivity contribution in [3.05, 3.63) is 24.3 Å². The number of para-hydroxylation sites is 1. The molecule has 1 aromatic rings. The second-order valence-corrected chi connectivity index (χ2v) is 8.76. The highest BCUT2D eigenvalue weighted by Crippen LogP contribution is 2.26. The predicted octanol–water partition coefficient (Wildman–Crippen LogP) is 2.35. The van der Waals surface area contributed by atoms with E-state index >= 15 is 0 Å². The average molecular weight is 303 g/mol. The molecule has 1 fully saturated rings. The van der Waals surface area contributed by atoms with Gasteiger partial charge in [0.05, 0.1) is 10.6 Å². The Hall–Kier alpha value is -0.330. The molecule has 0 bridgehead atoms. The maximum absolute atomic E-state index is 11.7. The molecule has 1 atom stereocenters. The van der Waals surface area contributed by atoms with Crippen molar-refractivity contribution < 1.29 is 8.42 Å². The van der Waals surface area contributed by atoms with Gasteiger partial charge in [-0.3, -0.25) is 0 Å². The number of benzene rings is 1. The topological polar surface area (TPSA) is 46.2 Å². The standard InChI is InChI=1S/C12H17NO2S3/c1-18(14,15)12-5-3-2-4-11(12)13-8-10-9-16-6-7-17-10/h2-5,10,13H,6-9H2,1H3. The molecule has 0 saturated carbocycles. The predicted molar refractivity (Wildman–Crippen MR) is 81.6 cm³/mol. The number of rotatable bonds is 4. The van der Waals surface area contributed by atoms with Crippen molar-refractivity contribution in [1.29, 1.82) is 0 Å². The van der Waals surface area contributed by atoms with E-state index in [2.05, 4.69) is 5.32 Å². The second kappa shape index (κ2) is 6.21. The molecule has 0 aromatic heterocycles. The Kier molecular flexibility index (Phi) is 4.86. The SMILES string of the molecule is CS(=O)(=O)c1ccccc1NCC1CSCCS1. The van der Waals surface area contributed by atoms with E-state index in [0.717, 1.165) is 18.0 Å².